The highest BCUT2D eigenvalue weighted by Gasteiger charge is 2.23. The molecule has 0 aliphatic rings. The largest absolute Gasteiger partial charge is 0.494 e. The molecular formula is C15H21NO6. The third-order valence-electron chi connectivity index (χ3n) is 3.11. The van der Waals surface area contributed by atoms with Crippen LogP contribution in [0.15, 0.2) is 24.3 Å². The van der Waals surface area contributed by atoms with Gasteiger partial charge in [-0.2, -0.15) is 0 Å². The first-order valence-corrected chi connectivity index (χ1v) is 6.96. The van der Waals surface area contributed by atoms with Gasteiger partial charge in [0.1, 0.15) is 5.75 Å². The quantitative estimate of drug-likeness (QED) is 0.576. The van der Waals surface area contributed by atoms with Crippen molar-refractivity contribution in [1.29, 1.82) is 0 Å². The highest BCUT2D eigenvalue weighted by atomic mass is 16.5. The molecule has 1 aromatic carbocycles. The Bertz CT molecular complexity index is 471. The van der Waals surface area contributed by atoms with Gasteiger partial charge in [0, 0.05) is 6.04 Å². The van der Waals surface area contributed by atoms with Gasteiger partial charge in [0.15, 0.2) is 0 Å². The van der Waals surface area contributed by atoms with Crippen LogP contribution in [0.3, 0.4) is 0 Å². The minimum Gasteiger partial charge on any atom is -0.494 e. The van der Waals surface area contributed by atoms with Gasteiger partial charge in [-0.1, -0.05) is 12.1 Å². The van der Waals surface area contributed by atoms with Crippen LogP contribution in [0.5, 0.6) is 5.75 Å². The van der Waals surface area contributed by atoms with Gasteiger partial charge >= 0.3 is 11.9 Å². The SMILES string of the molecule is CCOc1ccc(C[C@@H](CO)N(CC(=O)O)CC(=O)O)cc1. The Morgan fingerprint density at radius 2 is 1.68 bits per heavy atom. The van der Waals surface area contributed by atoms with E-state index in [9.17, 15) is 14.7 Å². The molecule has 0 bridgehead atoms. The molecule has 0 fully saturated rings. The molecular weight excluding hydrogens is 290 g/mol. The highest BCUT2D eigenvalue weighted by molar-refractivity contribution is 5.72. The number of ether oxygens (including phenoxy) is 1. The van der Waals surface area contributed by atoms with Crippen LogP contribution >= 0.6 is 0 Å². The number of aliphatic hydroxyl groups excluding tert-OH is 1. The van der Waals surface area contributed by atoms with Gasteiger partial charge in [-0.25, -0.2) is 0 Å². The van der Waals surface area contributed by atoms with Crippen LogP contribution < -0.4 is 4.74 Å². The lowest BCUT2D eigenvalue weighted by atomic mass is 10.0. The average molecular weight is 311 g/mol. The first kappa shape index (κ1) is 17.9. The number of hydrogen-bond acceptors (Lipinski definition) is 5. The summed E-state index contributed by atoms with van der Waals surface area (Å²) in [6.07, 6.45) is 0.351. The number of carboxylic acid groups (broad SMARTS) is 2. The molecule has 22 heavy (non-hydrogen) atoms. The number of carbonyl (C=O) groups is 2. The minimum atomic E-state index is -1.13. The fourth-order valence-corrected chi connectivity index (χ4v) is 2.13. The van der Waals surface area contributed by atoms with E-state index in [0.29, 0.717) is 13.0 Å². The predicted molar refractivity (Wildman–Crippen MR) is 79.0 cm³/mol. The van der Waals surface area contributed by atoms with E-state index in [-0.39, 0.29) is 6.61 Å². The minimum absolute atomic E-state index is 0.326. The van der Waals surface area contributed by atoms with Crippen molar-refractivity contribution in [2.24, 2.45) is 0 Å². The highest BCUT2D eigenvalue weighted by Crippen LogP contribution is 2.15. The normalized spacial score (nSPS) is 12.1. The molecule has 0 aliphatic heterocycles. The third-order valence-corrected chi connectivity index (χ3v) is 3.11. The van der Waals surface area contributed by atoms with Crippen molar-refractivity contribution in [2.75, 3.05) is 26.3 Å². The van der Waals surface area contributed by atoms with E-state index < -0.39 is 31.1 Å². The molecule has 3 N–H and O–H groups in total. The smallest absolute Gasteiger partial charge is 0.317 e. The van der Waals surface area contributed by atoms with Crippen LogP contribution in [0.1, 0.15) is 12.5 Å². The lowest BCUT2D eigenvalue weighted by molar-refractivity contribution is -0.143. The second-order valence-corrected chi connectivity index (χ2v) is 4.81. The summed E-state index contributed by atoms with van der Waals surface area (Å²) in [5.41, 5.74) is 0.864. The number of aliphatic hydroxyl groups is 1. The lowest BCUT2D eigenvalue weighted by Crippen LogP contribution is -2.45. The van der Waals surface area contributed by atoms with Crippen molar-refractivity contribution in [2.45, 2.75) is 19.4 Å². The Balaban J connectivity index is 2.78. The summed E-state index contributed by atoms with van der Waals surface area (Å²) >= 11 is 0. The molecule has 1 rings (SSSR count). The second kappa shape index (κ2) is 9.01. The van der Waals surface area contributed by atoms with Gasteiger partial charge in [-0.15, -0.1) is 0 Å². The molecule has 0 unspecified atom stereocenters. The first-order chi connectivity index (χ1) is 10.5. The summed E-state index contributed by atoms with van der Waals surface area (Å²) in [6, 6.07) is 6.61. The van der Waals surface area contributed by atoms with Crippen molar-refractivity contribution >= 4 is 11.9 Å². The summed E-state index contributed by atoms with van der Waals surface area (Å²) in [5, 5.41) is 27.2. The van der Waals surface area contributed by atoms with Gasteiger partial charge in [0.05, 0.1) is 26.3 Å². The topological polar surface area (TPSA) is 107 Å². The Labute approximate surface area is 128 Å². The van der Waals surface area contributed by atoms with E-state index in [1.807, 2.05) is 19.1 Å². The molecule has 0 amide bonds. The lowest BCUT2D eigenvalue weighted by Gasteiger charge is -2.27. The van der Waals surface area contributed by atoms with Crippen molar-refractivity contribution < 1.29 is 29.6 Å². The average Bonchev–Trinajstić information content (AvgIpc) is 2.45. The van der Waals surface area contributed by atoms with Crippen molar-refractivity contribution in [3.05, 3.63) is 29.8 Å². The molecule has 7 nitrogen and oxygen atoms in total. The number of hydrogen-bond donors (Lipinski definition) is 3. The zero-order chi connectivity index (χ0) is 16.5. The molecule has 0 radical (unpaired) electrons. The van der Waals surface area contributed by atoms with Gasteiger partial charge < -0.3 is 20.1 Å². The van der Waals surface area contributed by atoms with E-state index in [0.717, 1.165) is 11.3 Å². The number of carboxylic acids is 2. The summed E-state index contributed by atoms with van der Waals surface area (Å²) in [5.74, 6) is -1.54. The maximum Gasteiger partial charge on any atom is 0.317 e. The Morgan fingerprint density at radius 1 is 1.14 bits per heavy atom. The summed E-state index contributed by atoms with van der Waals surface area (Å²) in [4.78, 5) is 22.9. The molecule has 1 atom stereocenters. The van der Waals surface area contributed by atoms with Gasteiger partial charge in [-0.3, -0.25) is 14.5 Å². The zero-order valence-corrected chi connectivity index (χ0v) is 12.4. The summed E-state index contributed by atoms with van der Waals surface area (Å²) in [7, 11) is 0. The first-order valence-electron chi connectivity index (χ1n) is 6.96. The Hall–Kier alpha value is -2.12. The standard InChI is InChI=1S/C15H21NO6/c1-2-22-13-5-3-11(4-6-13)7-12(10-17)16(8-14(18)19)9-15(20)21/h3-6,12,17H,2,7-10H2,1H3,(H,18,19)(H,20,21)/t12-/m0/s1. The van der Waals surface area contributed by atoms with Crippen LogP contribution in [0.25, 0.3) is 0 Å². The molecule has 0 saturated carbocycles. The van der Waals surface area contributed by atoms with Crippen molar-refractivity contribution in [3.63, 3.8) is 0 Å². The molecule has 7 heteroatoms. The molecule has 0 saturated heterocycles. The van der Waals surface area contributed by atoms with Gasteiger partial charge in [0.2, 0.25) is 0 Å². The summed E-state index contributed by atoms with van der Waals surface area (Å²) in [6.45, 7) is 1.24. The fourth-order valence-electron chi connectivity index (χ4n) is 2.13. The maximum atomic E-state index is 10.8. The fraction of sp³-hybridized carbons (Fsp3) is 0.467. The second-order valence-electron chi connectivity index (χ2n) is 4.81. The number of benzene rings is 1. The van der Waals surface area contributed by atoms with Crippen LogP contribution in [0, 0.1) is 0 Å². The third kappa shape index (κ3) is 6.11. The monoisotopic (exact) mass is 311 g/mol. The van der Waals surface area contributed by atoms with Crippen molar-refractivity contribution in [3.8, 4) is 5.75 Å². The predicted octanol–water partition coefficient (Wildman–Crippen LogP) is 0.460. The van der Waals surface area contributed by atoms with Crippen LogP contribution in [0.4, 0.5) is 0 Å². The molecule has 0 aliphatic carbocycles. The van der Waals surface area contributed by atoms with E-state index in [1.54, 1.807) is 12.1 Å². The van der Waals surface area contributed by atoms with E-state index in [1.165, 1.54) is 4.90 Å². The molecule has 0 spiro atoms. The maximum absolute atomic E-state index is 10.8. The molecule has 122 valence electrons. The van der Waals surface area contributed by atoms with E-state index in [2.05, 4.69) is 0 Å². The Kier molecular flexibility index (Phi) is 7.34. The Morgan fingerprint density at radius 3 is 2.09 bits per heavy atom. The summed E-state index contributed by atoms with van der Waals surface area (Å²) < 4.78 is 5.33. The number of nitrogens with zero attached hydrogens (tertiary/aromatic N) is 1. The number of rotatable bonds is 10. The van der Waals surface area contributed by atoms with Crippen LogP contribution in [0.2, 0.25) is 0 Å². The van der Waals surface area contributed by atoms with Gasteiger partial charge in [0.25, 0.3) is 0 Å². The number of aliphatic carboxylic acids is 2. The van der Waals surface area contributed by atoms with E-state index >= 15 is 0 Å². The van der Waals surface area contributed by atoms with E-state index in [4.69, 9.17) is 14.9 Å². The molecule has 0 aromatic heterocycles. The molecule has 0 heterocycles. The van der Waals surface area contributed by atoms with Crippen LogP contribution in [-0.2, 0) is 16.0 Å². The zero-order valence-electron chi connectivity index (χ0n) is 12.4. The van der Waals surface area contributed by atoms with Gasteiger partial charge in [-0.05, 0) is 31.0 Å². The molecule has 1 aromatic rings. The van der Waals surface area contributed by atoms with Crippen molar-refractivity contribution in [1.82, 2.24) is 4.90 Å². The van der Waals surface area contributed by atoms with Crippen LogP contribution in [-0.4, -0.2) is 64.5 Å².